The van der Waals surface area contributed by atoms with Gasteiger partial charge in [0.15, 0.2) is 0 Å². The van der Waals surface area contributed by atoms with Crippen LogP contribution < -0.4 is 5.32 Å². The minimum atomic E-state index is -0.656. The molecule has 1 aromatic heterocycles. The second-order valence-electron chi connectivity index (χ2n) is 8.40. The SMILES string of the molecule is CSCC[C@@H](NC(=O)C1(c2ccccc2)CCN(C(C)=O)CC1)c1nc2ccccc2[nH]1. The number of amides is 2. The Morgan fingerprint density at radius 1 is 1.12 bits per heavy atom. The van der Waals surface area contributed by atoms with E-state index in [1.807, 2.05) is 59.5 Å². The first-order valence-electron chi connectivity index (χ1n) is 11.1. The summed E-state index contributed by atoms with van der Waals surface area (Å²) in [5.41, 5.74) is 2.22. The van der Waals surface area contributed by atoms with Crippen molar-refractivity contribution in [2.24, 2.45) is 0 Å². The van der Waals surface area contributed by atoms with E-state index in [0.29, 0.717) is 25.9 Å². The molecule has 32 heavy (non-hydrogen) atoms. The van der Waals surface area contributed by atoms with Gasteiger partial charge in [-0.1, -0.05) is 42.5 Å². The van der Waals surface area contributed by atoms with Gasteiger partial charge in [-0.25, -0.2) is 4.98 Å². The molecular formula is C25H30N4O2S. The molecule has 1 fully saturated rings. The third kappa shape index (κ3) is 4.53. The number of likely N-dealkylation sites (tertiary alicyclic amines) is 1. The Morgan fingerprint density at radius 3 is 2.47 bits per heavy atom. The quantitative estimate of drug-likeness (QED) is 0.569. The molecule has 2 aromatic carbocycles. The molecule has 2 amide bonds. The van der Waals surface area contributed by atoms with E-state index in [1.165, 1.54) is 0 Å². The van der Waals surface area contributed by atoms with Crippen molar-refractivity contribution >= 4 is 34.6 Å². The minimum Gasteiger partial charge on any atom is -0.345 e. The Morgan fingerprint density at radius 2 is 1.81 bits per heavy atom. The van der Waals surface area contributed by atoms with Crippen LogP contribution in [0.1, 0.15) is 43.6 Å². The molecule has 2 N–H and O–H groups in total. The van der Waals surface area contributed by atoms with Crippen LogP contribution in [-0.4, -0.2) is 51.8 Å². The fourth-order valence-electron chi connectivity index (χ4n) is 4.55. The average Bonchev–Trinajstić information content (AvgIpc) is 3.26. The van der Waals surface area contributed by atoms with Crippen molar-refractivity contribution in [1.29, 1.82) is 0 Å². The molecule has 6 nitrogen and oxygen atoms in total. The Bertz CT molecular complexity index is 1040. The summed E-state index contributed by atoms with van der Waals surface area (Å²) in [5, 5.41) is 3.33. The average molecular weight is 451 g/mol. The molecule has 1 aliphatic heterocycles. The number of carbonyl (C=O) groups excluding carboxylic acids is 2. The lowest BCUT2D eigenvalue weighted by Gasteiger charge is -2.41. The van der Waals surface area contributed by atoms with Gasteiger partial charge in [-0.05, 0) is 49.0 Å². The van der Waals surface area contributed by atoms with Crippen molar-refractivity contribution in [2.45, 2.75) is 37.6 Å². The lowest BCUT2D eigenvalue weighted by atomic mass is 9.71. The van der Waals surface area contributed by atoms with Crippen LogP contribution in [-0.2, 0) is 15.0 Å². The molecule has 7 heteroatoms. The highest BCUT2D eigenvalue weighted by Gasteiger charge is 2.44. The smallest absolute Gasteiger partial charge is 0.231 e. The number of hydrogen-bond acceptors (Lipinski definition) is 4. The van der Waals surface area contributed by atoms with Crippen LogP contribution in [0.4, 0.5) is 0 Å². The summed E-state index contributed by atoms with van der Waals surface area (Å²) in [6.45, 7) is 2.76. The molecule has 0 saturated carbocycles. The molecule has 3 aromatic rings. The zero-order valence-electron chi connectivity index (χ0n) is 18.6. The molecule has 1 saturated heterocycles. The van der Waals surface area contributed by atoms with E-state index < -0.39 is 5.41 Å². The van der Waals surface area contributed by atoms with Crippen molar-refractivity contribution in [3.63, 3.8) is 0 Å². The molecule has 1 atom stereocenters. The third-order valence-electron chi connectivity index (χ3n) is 6.48. The fourth-order valence-corrected chi connectivity index (χ4v) is 5.03. The first-order valence-corrected chi connectivity index (χ1v) is 12.5. The lowest BCUT2D eigenvalue weighted by molar-refractivity contribution is -0.135. The van der Waals surface area contributed by atoms with E-state index in [2.05, 4.69) is 16.6 Å². The largest absolute Gasteiger partial charge is 0.345 e. The number of hydrogen-bond donors (Lipinski definition) is 2. The van der Waals surface area contributed by atoms with E-state index in [0.717, 1.165) is 34.6 Å². The van der Waals surface area contributed by atoms with Crippen molar-refractivity contribution in [3.8, 4) is 0 Å². The van der Waals surface area contributed by atoms with E-state index in [-0.39, 0.29) is 17.9 Å². The molecule has 0 unspecified atom stereocenters. The van der Waals surface area contributed by atoms with Gasteiger partial charge in [0.1, 0.15) is 5.82 Å². The van der Waals surface area contributed by atoms with Gasteiger partial charge in [-0.3, -0.25) is 9.59 Å². The number of thioether (sulfide) groups is 1. The molecule has 4 rings (SSSR count). The molecule has 168 valence electrons. The van der Waals surface area contributed by atoms with Crippen LogP contribution in [0.3, 0.4) is 0 Å². The zero-order chi connectivity index (χ0) is 22.6. The van der Waals surface area contributed by atoms with Crippen molar-refractivity contribution in [3.05, 3.63) is 66.0 Å². The predicted molar refractivity (Wildman–Crippen MR) is 130 cm³/mol. The molecule has 0 aliphatic carbocycles. The fraction of sp³-hybridized carbons (Fsp3) is 0.400. The summed E-state index contributed by atoms with van der Waals surface area (Å²) in [6, 6.07) is 17.7. The number of carbonyl (C=O) groups is 2. The van der Waals surface area contributed by atoms with Crippen LogP contribution in [0.25, 0.3) is 11.0 Å². The zero-order valence-corrected chi connectivity index (χ0v) is 19.5. The maximum atomic E-state index is 13.9. The maximum absolute atomic E-state index is 13.9. The molecule has 0 spiro atoms. The molecule has 1 aliphatic rings. The van der Waals surface area contributed by atoms with Gasteiger partial charge in [0.25, 0.3) is 0 Å². The lowest BCUT2D eigenvalue weighted by Crippen LogP contribution is -2.53. The molecule has 0 radical (unpaired) electrons. The van der Waals surface area contributed by atoms with Crippen molar-refractivity contribution in [1.82, 2.24) is 20.2 Å². The summed E-state index contributed by atoms with van der Waals surface area (Å²) < 4.78 is 0. The highest BCUT2D eigenvalue weighted by atomic mass is 32.2. The van der Waals surface area contributed by atoms with E-state index in [4.69, 9.17) is 4.98 Å². The Kier molecular flexibility index (Phi) is 6.84. The predicted octanol–water partition coefficient (Wildman–Crippen LogP) is 4.05. The number of fused-ring (bicyclic) bond motifs is 1. The molecule has 0 bridgehead atoms. The third-order valence-corrected chi connectivity index (χ3v) is 7.12. The number of aromatic amines is 1. The summed E-state index contributed by atoms with van der Waals surface area (Å²) in [4.78, 5) is 35.8. The number of para-hydroxylation sites is 2. The summed E-state index contributed by atoms with van der Waals surface area (Å²) in [7, 11) is 0. The van der Waals surface area contributed by atoms with Gasteiger partial charge in [0.2, 0.25) is 11.8 Å². The first-order chi connectivity index (χ1) is 15.5. The van der Waals surface area contributed by atoms with Gasteiger partial charge in [-0.2, -0.15) is 11.8 Å². The van der Waals surface area contributed by atoms with Crippen LogP contribution in [0.5, 0.6) is 0 Å². The van der Waals surface area contributed by atoms with Gasteiger partial charge in [-0.15, -0.1) is 0 Å². The highest BCUT2D eigenvalue weighted by molar-refractivity contribution is 7.98. The first kappa shape index (κ1) is 22.4. The van der Waals surface area contributed by atoms with Crippen LogP contribution in [0.15, 0.2) is 54.6 Å². The summed E-state index contributed by atoms with van der Waals surface area (Å²) in [5.74, 6) is 1.78. The second kappa shape index (κ2) is 9.77. The Hall–Kier alpha value is -2.80. The standard InChI is InChI=1S/C25H30N4O2S/c1-18(30)29-15-13-25(14-16-29,19-8-4-3-5-9-19)24(31)28-22(12-17-32-2)23-26-20-10-6-7-11-21(20)27-23/h3-11,22H,12-17H2,1-2H3,(H,26,27)(H,28,31)/t22-/m1/s1. The summed E-state index contributed by atoms with van der Waals surface area (Å²) in [6.07, 6.45) is 4.08. The van der Waals surface area contributed by atoms with Crippen LogP contribution in [0, 0.1) is 0 Å². The van der Waals surface area contributed by atoms with Crippen molar-refractivity contribution < 1.29 is 9.59 Å². The van der Waals surface area contributed by atoms with Crippen molar-refractivity contribution in [2.75, 3.05) is 25.1 Å². The number of aromatic nitrogens is 2. The maximum Gasteiger partial charge on any atom is 0.231 e. The number of benzene rings is 2. The Labute approximate surface area is 193 Å². The van der Waals surface area contributed by atoms with Gasteiger partial charge in [0, 0.05) is 20.0 Å². The molecular weight excluding hydrogens is 420 g/mol. The van der Waals surface area contributed by atoms with Crippen LogP contribution in [0.2, 0.25) is 0 Å². The van der Waals surface area contributed by atoms with Crippen LogP contribution >= 0.6 is 11.8 Å². The van der Waals surface area contributed by atoms with Gasteiger partial charge < -0.3 is 15.2 Å². The number of H-pyrrole nitrogens is 1. The number of imidazole rings is 1. The van der Waals surface area contributed by atoms with E-state index in [9.17, 15) is 9.59 Å². The molecule has 2 heterocycles. The van der Waals surface area contributed by atoms with Gasteiger partial charge >= 0.3 is 0 Å². The highest BCUT2D eigenvalue weighted by Crippen LogP contribution is 2.37. The van der Waals surface area contributed by atoms with E-state index >= 15 is 0 Å². The topological polar surface area (TPSA) is 78.1 Å². The second-order valence-corrected chi connectivity index (χ2v) is 9.39. The normalized spacial score (nSPS) is 16.6. The number of nitrogens with zero attached hydrogens (tertiary/aromatic N) is 2. The number of nitrogens with one attached hydrogen (secondary N) is 2. The summed E-state index contributed by atoms with van der Waals surface area (Å²) >= 11 is 1.76. The minimum absolute atomic E-state index is 0.0125. The van der Waals surface area contributed by atoms with Gasteiger partial charge in [0.05, 0.1) is 22.5 Å². The number of piperidine rings is 1. The Balaban J connectivity index is 1.63. The number of rotatable bonds is 7. The van der Waals surface area contributed by atoms with E-state index in [1.54, 1.807) is 18.7 Å². The monoisotopic (exact) mass is 450 g/mol.